The number of carbonyl (C=O) groups is 2. The molecule has 2 aromatic rings. The van der Waals surface area contributed by atoms with E-state index in [-0.39, 0.29) is 18.2 Å². The van der Waals surface area contributed by atoms with Crippen LogP contribution in [0.4, 0.5) is 0 Å². The highest BCUT2D eigenvalue weighted by molar-refractivity contribution is 7.13. The summed E-state index contributed by atoms with van der Waals surface area (Å²) in [5.41, 5.74) is 1.48. The van der Waals surface area contributed by atoms with E-state index in [9.17, 15) is 9.59 Å². The van der Waals surface area contributed by atoms with Crippen molar-refractivity contribution in [3.8, 4) is 10.6 Å². The predicted octanol–water partition coefficient (Wildman–Crippen LogP) is 2.56. The fourth-order valence-corrected chi connectivity index (χ4v) is 2.82. The summed E-state index contributed by atoms with van der Waals surface area (Å²) in [7, 11) is 0. The molecule has 1 unspecified atom stereocenters. The lowest BCUT2D eigenvalue weighted by Gasteiger charge is -2.16. The first kappa shape index (κ1) is 16.2. The van der Waals surface area contributed by atoms with Gasteiger partial charge in [0.05, 0.1) is 18.4 Å². The average molecular weight is 322 g/mol. The van der Waals surface area contributed by atoms with E-state index in [1.54, 1.807) is 24.0 Å². The Balaban J connectivity index is 1.95. The molecule has 7 heteroatoms. The zero-order chi connectivity index (χ0) is 16.1. The number of hydrogen-bond donors (Lipinski definition) is 2. The van der Waals surface area contributed by atoms with Crippen molar-refractivity contribution in [3.05, 3.63) is 29.7 Å². The summed E-state index contributed by atoms with van der Waals surface area (Å²) < 4.78 is 5.00. The molecule has 2 rings (SSSR count). The van der Waals surface area contributed by atoms with Crippen LogP contribution in [0, 0.1) is 5.92 Å². The van der Waals surface area contributed by atoms with E-state index < -0.39 is 12.0 Å². The number of thiazole rings is 1. The number of nitrogens with one attached hydrogen (secondary N) is 1. The van der Waals surface area contributed by atoms with Crippen LogP contribution in [0.15, 0.2) is 28.4 Å². The van der Waals surface area contributed by atoms with Gasteiger partial charge in [0.15, 0.2) is 0 Å². The third kappa shape index (κ3) is 4.42. The van der Waals surface area contributed by atoms with Gasteiger partial charge in [-0.3, -0.25) is 4.79 Å². The molecule has 6 nitrogen and oxygen atoms in total. The van der Waals surface area contributed by atoms with Gasteiger partial charge in [-0.25, -0.2) is 9.78 Å². The van der Waals surface area contributed by atoms with Crippen LogP contribution in [0.1, 0.15) is 26.0 Å². The Morgan fingerprint density at radius 1 is 1.45 bits per heavy atom. The van der Waals surface area contributed by atoms with E-state index in [4.69, 9.17) is 9.52 Å². The van der Waals surface area contributed by atoms with Crippen molar-refractivity contribution in [2.75, 3.05) is 0 Å². The molecule has 0 aliphatic carbocycles. The summed E-state index contributed by atoms with van der Waals surface area (Å²) in [6.45, 7) is 3.83. The first-order valence-electron chi connectivity index (χ1n) is 6.95. The van der Waals surface area contributed by atoms with Crippen LogP contribution in [0.25, 0.3) is 10.6 Å². The topological polar surface area (TPSA) is 92.4 Å². The molecule has 0 radical (unpaired) electrons. The molecule has 0 spiro atoms. The Hall–Kier alpha value is -2.15. The molecule has 0 saturated carbocycles. The number of aromatic nitrogens is 1. The van der Waals surface area contributed by atoms with Crippen molar-refractivity contribution in [2.24, 2.45) is 5.92 Å². The Morgan fingerprint density at radius 2 is 2.23 bits per heavy atom. The molecular formula is C15H18N2O4S. The lowest BCUT2D eigenvalue weighted by Crippen LogP contribution is -2.42. The van der Waals surface area contributed by atoms with Gasteiger partial charge in [0.25, 0.3) is 0 Å². The average Bonchev–Trinajstić information content (AvgIpc) is 3.07. The number of nitrogens with zero attached hydrogens (tertiary/aromatic N) is 1. The molecule has 0 saturated heterocycles. The van der Waals surface area contributed by atoms with Crippen molar-refractivity contribution in [1.29, 1.82) is 0 Å². The SMILES string of the molecule is CC(C)CC(NC(=O)Cc1csc(-c2ccoc2)n1)C(=O)O. The number of carbonyl (C=O) groups excluding carboxylic acids is 1. The molecular weight excluding hydrogens is 304 g/mol. The van der Waals surface area contributed by atoms with Crippen LogP contribution < -0.4 is 5.32 Å². The van der Waals surface area contributed by atoms with Crippen LogP contribution in [-0.4, -0.2) is 28.0 Å². The zero-order valence-electron chi connectivity index (χ0n) is 12.4. The normalized spacial score (nSPS) is 12.3. The molecule has 1 amide bonds. The van der Waals surface area contributed by atoms with Crippen molar-refractivity contribution >= 4 is 23.2 Å². The zero-order valence-corrected chi connectivity index (χ0v) is 13.2. The van der Waals surface area contributed by atoms with E-state index in [2.05, 4.69) is 10.3 Å². The van der Waals surface area contributed by atoms with E-state index in [1.165, 1.54) is 11.3 Å². The van der Waals surface area contributed by atoms with E-state index in [1.807, 2.05) is 13.8 Å². The Kier molecular flexibility index (Phi) is 5.32. The summed E-state index contributed by atoms with van der Waals surface area (Å²) in [6.07, 6.45) is 3.62. The largest absolute Gasteiger partial charge is 0.480 e. The number of furan rings is 1. The molecule has 22 heavy (non-hydrogen) atoms. The molecule has 118 valence electrons. The lowest BCUT2D eigenvalue weighted by atomic mass is 10.0. The minimum absolute atomic E-state index is 0.0657. The van der Waals surface area contributed by atoms with Crippen LogP contribution in [-0.2, 0) is 16.0 Å². The van der Waals surface area contributed by atoms with Crippen LogP contribution >= 0.6 is 11.3 Å². The molecule has 1 atom stereocenters. The van der Waals surface area contributed by atoms with Gasteiger partial charge in [-0.05, 0) is 18.4 Å². The van der Waals surface area contributed by atoms with E-state index >= 15 is 0 Å². The summed E-state index contributed by atoms with van der Waals surface area (Å²) in [5, 5.41) is 14.2. The van der Waals surface area contributed by atoms with Gasteiger partial charge in [-0.2, -0.15) is 0 Å². The molecule has 2 aromatic heterocycles. The first-order chi connectivity index (χ1) is 10.5. The number of amides is 1. The third-order valence-electron chi connectivity index (χ3n) is 3.00. The molecule has 0 fully saturated rings. The van der Waals surface area contributed by atoms with Crippen LogP contribution in [0.3, 0.4) is 0 Å². The highest BCUT2D eigenvalue weighted by Gasteiger charge is 2.21. The number of carboxylic acid groups (broad SMARTS) is 1. The Morgan fingerprint density at radius 3 is 2.82 bits per heavy atom. The third-order valence-corrected chi connectivity index (χ3v) is 3.94. The number of carboxylic acids is 1. The number of rotatable bonds is 7. The molecule has 0 aromatic carbocycles. The maximum atomic E-state index is 12.0. The smallest absolute Gasteiger partial charge is 0.326 e. The fourth-order valence-electron chi connectivity index (χ4n) is 2.01. The molecule has 0 aliphatic heterocycles. The minimum Gasteiger partial charge on any atom is -0.480 e. The Labute approximate surface area is 132 Å². The quantitative estimate of drug-likeness (QED) is 0.817. The fraction of sp³-hybridized carbons (Fsp3) is 0.400. The summed E-state index contributed by atoms with van der Waals surface area (Å²) in [6, 6.07) is 0.936. The van der Waals surface area contributed by atoms with Crippen molar-refractivity contribution in [1.82, 2.24) is 10.3 Å². The molecule has 2 N–H and O–H groups in total. The predicted molar refractivity (Wildman–Crippen MR) is 82.5 cm³/mol. The molecule has 2 heterocycles. The van der Waals surface area contributed by atoms with Gasteiger partial charge in [0.1, 0.15) is 17.3 Å². The number of aliphatic carboxylic acids is 1. The maximum Gasteiger partial charge on any atom is 0.326 e. The van der Waals surface area contributed by atoms with Crippen molar-refractivity contribution in [2.45, 2.75) is 32.7 Å². The van der Waals surface area contributed by atoms with Crippen molar-refractivity contribution in [3.63, 3.8) is 0 Å². The Bertz CT molecular complexity index is 634. The summed E-state index contributed by atoms with van der Waals surface area (Å²) >= 11 is 1.42. The minimum atomic E-state index is -1.01. The second-order valence-corrected chi connectivity index (χ2v) is 6.28. The van der Waals surface area contributed by atoms with Gasteiger partial charge in [0.2, 0.25) is 5.91 Å². The monoisotopic (exact) mass is 322 g/mol. The molecule has 0 aliphatic rings. The first-order valence-corrected chi connectivity index (χ1v) is 7.82. The van der Waals surface area contributed by atoms with Gasteiger partial charge < -0.3 is 14.8 Å². The highest BCUT2D eigenvalue weighted by atomic mass is 32.1. The van der Waals surface area contributed by atoms with Gasteiger partial charge in [-0.15, -0.1) is 11.3 Å². The summed E-state index contributed by atoms with van der Waals surface area (Å²) in [5.74, 6) is -1.16. The second kappa shape index (κ2) is 7.22. The number of hydrogen-bond acceptors (Lipinski definition) is 5. The standard InChI is InChI=1S/C15H18N2O4S/c1-9(2)5-12(15(19)20)17-13(18)6-11-8-22-14(16-11)10-3-4-21-7-10/h3-4,7-9,12H,5-6H2,1-2H3,(H,17,18)(H,19,20). The summed E-state index contributed by atoms with van der Waals surface area (Å²) in [4.78, 5) is 27.5. The van der Waals surface area contributed by atoms with Gasteiger partial charge in [0, 0.05) is 10.9 Å². The second-order valence-electron chi connectivity index (χ2n) is 5.42. The maximum absolute atomic E-state index is 12.0. The van der Waals surface area contributed by atoms with Crippen LogP contribution in [0.2, 0.25) is 0 Å². The lowest BCUT2D eigenvalue weighted by molar-refractivity contribution is -0.142. The van der Waals surface area contributed by atoms with E-state index in [0.717, 1.165) is 10.6 Å². The van der Waals surface area contributed by atoms with Gasteiger partial charge in [-0.1, -0.05) is 13.8 Å². The molecule has 0 bridgehead atoms. The van der Waals surface area contributed by atoms with Crippen LogP contribution in [0.5, 0.6) is 0 Å². The van der Waals surface area contributed by atoms with E-state index in [0.29, 0.717) is 12.1 Å². The highest BCUT2D eigenvalue weighted by Crippen LogP contribution is 2.24. The van der Waals surface area contributed by atoms with Gasteiger partial charge >= 0.3 is 5.97 Å². The van der Waals surface area contributed by atoms with Crippen molar-refractivity contribution < 1.29 is 19.1 Å².